The molecule has 6 nitrogen and oxygen atoms in total. The molecular formula is C28H31Cl2FN2O4. The Kier molecular flexibility index (Phi) is 6.69. The van der Waals surface area contributed by atoms with Gasteiger partial charge in [-0.25, -0.2) is 4.39 Å². The van der Waals surface area contributed by atoms with Gasteiger partial charge in [-0.15, -0.1) is 0 Å². The SMILES string of the molecule is CC(C)(C)C[C@H]1N[C@@H](C(=O)C[C@@H]2CC(O)C2O)[C@H](c2cccc(Cl)c2F)[C@@]12C(=O)Nc1cc(Cl)ccc12. The Morgan fingerprint density at radius 2 is 1.92 bits per heavy atom. The molecule has 2 unspecified atom stereocenters. The van der Waals surface area contributed by atoms with Crippen LogP contribution in [0.25, 0.3) is 0 Å². The summed E-state index contributed by atoms with van der Waals surface area (Å²) in [7, 11) is 0. The number of carbonyl (C=O) groups is 2. The summed E-state index contributed by atoms with van der Waals surface area (Å²) >= 11 is 12.5. The number of hydrogen-bond acceptors (Lipinski definition) is 5. The molecule has 5 rings (SSSR count). The third-order valence-corrected chi connectivity index (χ3v) is 8.70. The summed E-state index contributed by atoms with van der Waals surface area (Å²) in [6.45, 7) is 6.15. The predicted molar refractivity (Wildman–Crippen MR) is 140 cm³/mol. The van der Waals surface area contributed by atoms with E-state index in [1.807, 2.05) is 20.8 Å². The molecule has 7 atom stereocenters. The highest BCUT2D eigenvalue weighted by Gasteiger charge is 2.66. The van der Waals surface area contributed by atoms with Gasteiger partial charge in [-0.1, -0.05) is 62.2 Å². The summed E-state index contributed by atoms with van der Waals surface area (Å²) < 4.78 is 15.7. The fourth-order valence-corrected chi connectivity index (χ4v) is 6.85. The second-order valence-electron chi connectivity index (χ2n) is 11.8. The van der Waals surface area contributed by atoms with E-state index < -0.39 is 47.4 Å². The fourth-order valence-electron chi connectivity index (χ4n) is 6.50. The van der Waals surface area contributed by atoms with Gasteiger partial charge in [0.15, 0.2) is 5.78 Å². The van der Waals surface area contributed by atoms with Crippen molar-refractivity contribution in [3.8, 4) is 0 Å². The van der Waals surface area contributed by atoms with Gasteiger partial charge in [0, 0.05) is 29.1 Å². The van der Waals surface area contributed by atoms with Crippen molar-refractivity contribution in [2.24, 2.45) is 11.3 Å². The van der Waals surface area contributed by atoms with E-state index in [2.05, 4.69) is 10.6 Å². The minimum Gasteiger partial charge on any atom is -0.390 e. The quantitative estimate of drug-likeness (QED) is 0.438. The van der Waals surface area contributed by atoms with Crippen LogP contribution in [0.3, 0.4) is 0 Å². The van der Waals surface area contributed by atoms with Gasteiger partial charge >= 0.3 is 0 Å². The van der Waals surface area contributed by atoms with E-state index in [0.717, 1.165) is 0 Å². The molecule has 1 amide bonds. The van der Waals surface area contributed by atoms with Crippen LogP contribution in [0.5, 0.6) is 0 Å². The summed E-state index contributed by atoms with van der Waals surface area (Å²) in [5.41, 5.74) is -0.166. The van der Waals surface area contributed by atoms with Crippen LogP contribution in [-0.4, -0.2) is 46.2 Å². The number of fused-ring (bicyclic) bond motifs is 2. The van der Waals surface area contributed by atoms with Crippen molar-refractivity contribution < 1.29 is 24.2 Å². The number of Topliss-reactive ketones (excluding diaryl/α,β-unsaturated/α-hetero) is 1. The predicted octanol–water partition coefficient (Wildman–Crippen LogP) is 4.58. The van der Waals surface area contributed by atoms with Crippen LogP contribution < -0.4 is 10.6 Å². The number of aliphatic hydroxyl groups excluding tert-OH is 2. The molecule has 198 valence electrons. The maximum absolute atomic E-state index is 15.7. The lowest BCUT2D eigenvalue weighted by molar-refractivity contribution is -0.133. The largest absolute Gasteiger partial charge is 0.390 e. The van der Waals surface area contributed by atoms with E-state index in [4.69, 9.17) is 23.2 Å². The zero-order valence-corrected chi connectivity index (χ0v) is 22.4. The van der Waals surface area contributed by atoms with Crippen LogP contribution >= 0.6 is 23.2 Å². The van der Waals surface area contributed by atoms with Crippen LogP contribution in [0.4, 0.5) is 10.1 Å². The number of aliphatic hydroxyl groups is 2. The molecule has 1 aliphatic carbocycles. The Hall–Kier alpha value is -2.03. The molecule has 3 aliphatic rings. The molecule has 9 heteroatoms. The monoisotopic (exact) mass is 548 g/mol. The van der Waals surface area contributed by atoms with Crippen LogP contribution in [-0.2, 0) is 15.0 Å². The highest BCUT2D eigenvalue weighted by molar-refractivity contribution is 6.31. The van der Waals surface area contributed by atoms with Gasteiger partial charge < -0.3 is 20.8 Å². The maximum Gasteiger partial charge on any atom is 0.237 e. The van der Waals surface area contributed by atoms with Crippen LogP contribution in [0.15, 0.2) is 36.4 Å². The lowest BCUT2D eigenvalue weighted by Gasteiger charge is -2.39. The standard InChI is InChI=1S/C28H31Cl2FN2O4/c1-27(2,3)12-21-28(16-8-7-14(29)11-18(16)32-26(28)37)22(15-5-4-6-17(30)23(15)31)24(33-21)19(34)9-13-10-20(35)25(13)36/h4-8,11,13,20-22,24-25,33,35-36H,9-10,12H2,1-3H3,(H,32,37)/t13-,20?,21-,22+,24+,25?,28+/m1/s1. The number of rotatable bonds is 5. The molecule has 2 aromatic carbocycles. The Balaban J connectivity index is 1.70. The van der Waals surface area contributed by atoms with Crippen molar-refractivity contribution >= 4 is 40.6 Å². The number of ketones is 1. The lowest BCUT2D eigenvalue weighted by atomic mass is 9.62. The molecule has 37 heavy (non-hydrogen) atoms. The topological polar surface area (TPSA) is 98.7 Å². The van der Waals surface area contributed by atoms with Crippen LogP contribution in [0, 0.1) is 17.2 Å². The Morgan fingerprint density at radius 1 is 1.19 bits per heavy atom. The number of nitrogens with one attached hydrogen (secondary N) is 2. The smallest absolute Gasteiger partial charge is 0.237 e. The van der Waals surface area contributed by atoms with Crippen molar-refractivity contribution in [1.82, 2.24) is 5.32 Å². The van der Waals surface area contributed by atoms with E-state index >= 15 is 4.39 Å². The minimum atomic E-state index is -1.31. The summed E-state index contributed by atoms with van der Waals surface area (Å²) in [6.07, 6.45) is -0.997. The van der Waals surface area contributed by atoms with E-state index in [1.165, 1.54) is 6.07 Å². The molecule has 2 aliphatic heterocycles. The molecule has 1 spiro atoms. The molecule has 0 radical (unpaired) electrons. The van der Waals surface area contributed by atoms with Gasteiger partial charge in [-0.3, -0.25) is 9.59 Å². The third-order valence-electron chi connectivity index (χ3n) is 8.17. The van der Waals surface area contributed by atoms with Gasteiger partial charge in [-0.2, -0.15) is 0 Å². The third kappa shape index (κ3) is 4.29. The molecule has 4 N–H and O–H groups in total. The Morgan fingerprint density at radius 3 is 2.57 bits per heavy atom. The molecule has 2 heterocycles. The number of halogens is 3. The molecular weight excluding hydrogens is 518 g/mol. The molecule has 1 saturated heterocycles. The van der Waals surface area contributed by atoms with Gasteiger partial charge in [0.2, 0.25) is 5.91 Å². The second-order valence-corrected chi connectivity index (χ2v) is 12.7. The number of anilines is 1. The van der Waals surface area contributed by atoms with E-state index in [0.29, 0.717) is 29.1 Å². The fraction of sp³-hybridized carbons (Fsp3) is 0.500. The second kappa shape index (κ2) is 9.31. The summed E-state index contributed by atoms with van der Waals surface area (Å²) in [5.74, 6) is -2.54. The van der Waals surface area contributed by atoms with Crippen LogP contribution in [0.2, 0.25) is 10.0 Å². The van der Waals surface area contributed by atoms with Gasteiger partial charge in [0.1, 0.15) is 11.2 Å². The first kappa shape index (κ1) is 26.6. The molecule has 1 saturated carbocycles. The van der Waals surface area contributed by atoms with Crippen LogP contribution in [0.1, 0.15) is 57.1 Å². The van der Waals surface area contributed by atoms with Gasteiger partial charge in [-0.05, 0) is 53.5 Å². The van der Waals surface area contributed by atoms with Gasteiger partial charge in [0.05, 0.1) is 23.3 Å². The highest BCUT2D eigenvalue weighted by atomic mass is 35.5. The van der Waals surface area contributed by atoms with Crippen molar-refractivity contribution in [3.05, 3.63) is 63.4 Å². The first-order valence-electron chi connectivity index (χ1n) is 12.5. The lowest BCUT2D eigenvalue weighted by Crippen LogP contribution is -2.49. The van der Waals surface area contributed by atoms with E-state index in [9.17, 15) is 19.8 Å². The van der Waals surface area contributed by atoms with Crippen molar-refractivity contribution in [2.45, 2.75) is 75.7 Å². The minimum absolute atomic E-state index is 0.00197. The van der Waals surface area contributed by atoms with Crippen molar-refractivity contribution in [2.75, 3.05) is 5.32 Å². The number of hydrogen-bond donors (Lipinski definition) is 4. The average Bonchev–Trinajstić information content (AvgIpc) is 3.29. The molecule has 0 bridgehead atoms. The number of carbonyl (C=O) groups excluding carboxylic acids is 2. The average molecular weight is 549 g/mol. The zero-order chi connectivity index (χ0) is 26.9. The maximum atomic E-state index is 15.7. The first-order valence-corrected chi connectivity index (χ1v) is 13.3. The Labute approximate surface area is 225 Å². The first-order chi connectivity index (χ1) is 17.3. The number of benzene rings is 2. The Bertz CT molecular complexity index is 1270. The van der Waals surface area contributed by atoms with Gasteiger partial charge in [0.25, 0.3) is 0 Å². The normalized spacial score (nSPS) is 32.8. The summed E-state index contributed by atoms with van der Waals surface area (Å²) in [4.78, 5) is 27.9. The molecule has 2 aromatic rings. The molecule has 2 fully saturated rings. The van der Waals surface area contributed by atoms with E-state index in [-0.39, 0.29) is 34.1 Å². The molecule has 0 aromatic heterocycles. The summed E-state index contributed by atoms with van der Waals surface area (Å²) in [5, 5.41) is 26.7. The highest BCUT2D eigenvalue weighted by Crippen LogP contribution is 2.57. The summed E-state index contributed by atoms with van der Waals surface area (Å²) in [6, 6.07) is 8.36. The van der Waals surface area contributed by atoms with E-state index in [1.54, 1.807) is 30.3 Å². The number of amides is 1. The van der Waals surface area contributed by atoms with Crippen molar-refractivity contribution in [1.29, 1.82) is 0 Å². The zero-order valence-electron chi connectivity index (χ0n) is 20.9. The van der Waals surface area contributed by atoms with Crippen molar-refractivity contribution in [3.63, 3.8) is 0 Å².